The lowest BCUT2D eigenvalue weighted by atomic mass is 9.60. The molecule has 3 atom stereocenters. The van der Waals surface area contributed by atoms with Gasteiger partial charge < -0.3 is 24.8 Å². The molecule has 3 aliphatic rings. The number of carboxylic acid groups (broad SMARTS) is 1. The number of piperidine rings is 1. The van der Waals surface area contributed by atoms with Gasteiger partial charge in [-0.05, 0) is 72.5 Å². The number of ether oxygens (including phenoxy) is 2. The summed E-state index contributed by atoms with van der Waals surface area (Å²) in [5.74, 6) is 0. The maximum Gasteiger partial charge on any atom is 0.407 e. The molecule has 1 saturated carbocycles. The average molecular weight is 570 g/mol. The number of aromatic nitrogens is 2. The Bertz CT molecular complexity index is 1120. The van der Waals surface area contributed by atoms with Crippen LogP contribution in [0.25, 0.3) is 10.9 Å². The highest BCUT2D eigenvalue weighted by molar-refractivity contribution is 9.10. The van der Waals surface area contributed by atoms with Crippen molar-refractivity contribution in [1.82, 2.24) is 20.0 Å². The molecular weight excluding hydrogens is 540 g/mol. The molecule has 3 unspecified atom stereocenters. The zero-order valence-corrected chi connectivity index (χ0v) is 21.8. The van der Waals surface area contributed by atoms with Crippen molar-refractivity contribution in [2.45, 2.75) is 63.6 Å². The zero-order valence-electron chi connectivity index (χ0n) is 19.5. The van der Waals surface area contributed by atoms with Crippen LogP contribution in [-0.4, -0.2) is 64.3 Å². The second-order valence-electron chi connectivity index (χ2n) is 9.79. The number of amides is 2. The van der Waals surface area contributed by atoms with Crippen LogP contribution in [0.4, 0.5) is 9.59 Å². The van der Waals surface area contributed by atoms with E-state index in [1.807, 2.05) is 16.9 Å². The summed E-state index contributed by atoms with van der Waals surface area (Å²) in [5, 5.41) is 18.4. The van der Waals surface area contributed by atoms with Crippen LogP contribution in [0.15, 0.2) is 16.7 Å². The third-order valence-corrected chi connectivity index (χ3v) is 8.98. The van der Waals surface area contributed by atoms with Crippen molar-refractivity contribution in [3.8, 4) is 0 Å². The second-order valence-corrected chi connectivity index (χ2v) is 11.0. The van der Waals surface area contributed by atoms with Crippen molar-refractivity contribution in [3.63, 3.8) is 0 Å². The second kappa shape index (κ2) is 10.1. The van der Waals surface area contributed by atoms with E-state index in [9.17, 15) is 14.7 Å². The molecule has 190 valence electrons. The Morgan fingerprint density at radius 2 is 2.17 bits per heavy atom. The molecule has 35 heavy (non-hydrogen) atoms. The largest absolute Gasteiger partial charge is 0.465 e. The quantitative estimate of drug-likeness (QED) is 0.503. The molecule has 1 aliphatic carbocycles. The van der Waals surface area contributed by atoms with Crippen LogP contribution in [0, 0.1) is 5.41 Å². The topological polar surface area (TPSA) is 106 Å². The first-order valence-corrected chi connectivity index (χ1v) is 13.4. The number of alkyl carbamates (subject to hydrolysis) is 1. The number of rotatable bonds is 5. The number of carbonyl (C=O) groups is 2. The fourth-order valence-electron chi connectivity index (χ4n) is 5.70. The third kappa shape index (κ3) is 4.84. The zero-order chi connectivity index (χ0) is 24.6. The lowest BCUT2D eigenvalue weighted by Gasteiger charge is -2.53. The highest BCUT2D eigenvalue weighted by Gasteiger charge is 2.50. The van der Waals surface area contributed by atoms with Gasteiger partial charge in [0.15, 0.2) is 6.23 Å². The maximum atomic E-state index is 12.5. The van der Waals surface area contributed by atoms with Crippen molar-refractivity contribution in [2.24, 2.45) is 5.41 Å². The molecule has 2 N–H and O–H groups in total. The highest BCUT2D eigenvalue weighted by Crippen LogP contribution is 2.47. The number of nitrogens with zero attached hydrogens (tertiary/aromatic N) is 3. The predicted molar refractivity (Wildman–Crippen MR) is 134 cm³/mol. The van der Waals surface area contributed by atoms with Crippen LogP contribution in [0.1, 0.15) is 56.7 Å². The molecular formula is C24H30BrClN4O5. The lowest BCUT2D eigenvalue weighted by Crippen LogP contribution is -2.62. The summed E-state index contributed by atoms with van der Waals surface area (Å²) in [7, 11) is 0. The Balaban J connectivity index is 1.18. The summed E-state index contributed by atoms with van der Waals surface area (Å²) < 4.78 is 14.1. The molecule has 0 bridgehead atoms. The van der Waals surface area contributed by atoms with Crippen LogP contribution in [-0.2, 0) is 15.9 Å². The molecule has 2 aromatic rings. The number of benzene rings is 1. The van der Waals surface area contributed by atoms with E-state index in [0.29, 0.717) is 24.5 Å². The maximum absolute atomic E-state index is 12.5. The fourth-order valence-corrected chi connectivity index (χ4v) is 6.82. The van der Waals surface area contributed by atoms with Crippen LogP contribution in [0.2, 0.25) is 5.02 Å². The number of carbonyl (C=O) groups excluding carboxylic acids is 1. The van der Waals surface area contributed by atoms with Crippen LogP contribution >= 0.6 is 27.5 Å². The minimum atomic E-state index is -0.895. The fraction of sp³-hybridized carbons (Fsp3) is 0.625. The van der Waals surface area contributed by atoms with Gasteiger partial charge in [0.1, 0.15) is 0 Å². The van der Waals surface area contributed by atoms with Crippen molar-refractivity contribution < 1.29 is 24.2 Å². The van der Waals surface area contributed by atoms with Gasteiger partial charge in [0.25, 0.3) is 0 Å². The van der Waals surface area contributed by atoms with E-state index in [1.165, 1.54) is 4.90 Å². The van der Waals surface area contributed by atoms with Crippen LogP contribution in [0.5, 0.6) is 0 Å². The molecule has 2 amide bonds. The van der Waals surface area contributed by atoms with E-state index in [0.717, 1.165) is 72.5 Å². The van der Waals surface area contributed by atoms with Gasteiger partial charge in [0.2, 0.25) is 0 Å². The molecule has 1 spiro atoms. The predicted octanol–water partition coefficient (Wildman–Crippen LogP) is 5.34. The van der Waals surface area contributed by atoms with Gasteiger partial charge in [-0.2, -0.15) is 5.10 Å². The van der Waals surface area contributed by atoms with Gasteiger partial charge in [0, 0.05) is 52.5 Å². The SMILES string of the molecule is O=C(NC1CCC12CCCN(C(=O)O)C2)OCCc1c(Cl)cc2c(cnn2C2CCCCO2)c1Br. The van der Waals surface area contributed by atoms with Gasteiger partial charge in [0.05, 0.1) is 18.3 Å². The van der Waals surface area contributed by atoms with Gasteiger partial charge >= 0.3 is 12.2 Å². The molecule has 0 radical (unpaired) electrons. The molecule has 11 heteroatoms. The highest BCUT2D eigenvalue weighted by atomic mass is 79.9. The summed E-state index contributed by atoms with van der Waals surface area (Å²) >= 11 is 10.3. The van der Waals surface area contributed by atoms with Gasteiger partial charge in [-0.25, -0.2) is 14.3 Å². The van der Waals surface area contributed by atoms with E-state index in [2.05, 4.69) is 26.3 Å². The molecule has 5 rings (SSSR count). The summed E-state index contributed by atoms with van der Waals surface area (Å²) in [4.78, 5) is 25.4. The normalized spacial score (nSPS) is 26.5. The van der Waals surface area contributed by atoms with Gasteiger partial charge in [-0.1, -0.05) is 11.6 Å². The Kier molecular flexibility index (Phi) is 7.14. The number of hydrogen-bond donors (Lipinski definition) is 2. The Morgan fingerprint density at radius 1 is 1.31 bits per heavy atom. The minimum absolute atomic E-state index is 0.0586. The molecule has 2 saturated heterocycles. The molecule has 3 fully saturated rings. The van der Waals surface area contributed by atoms with Gasteiger partial charge in [-0.15, -0.1) is 0 Å². The molecule has 1 aromatic carbocycles. The Morgan fingerprint density at radius 3 is 2.89 bits per heavy atom. The number of hydrogen-bond acceptors (Lipinski definition) is 5. The Labute approximate surface area is 217 Å². The molecule has 3 heterocycles. The lowest BCUT2D eigenvalue weighted by molar-refractivity contribution is -0.0366. The van der Waals surface area contributed by atoms with E-state index in [1.54, 1.807) is 0 Å². The van der Waals surface area contributed by atoms with Crippen molar-refractivity contribution in [2.75, 3.05) is 26.3 Å². The van der Waals surface area contributed by atoms with Gasteiger partial charge in [-0.3, -0.25) is 0 Å². The molecule has 1 aromatic heterocycles. The minimum Gasteiger partial charge on any atom is -0.465 e. The van der Waals surface area contributed by atoms with E-state index in [4.69, 9.17) is 21.1 Å². The average Bonchev–Trinajstić information content (AvgIpc) is 3.28. The first-order valence-electron chi connectivity index (χ1n) is 12.2. The summed E-state index contributed by atoms with van der Waals surface area (Å²) in [6.45, 7) is 1.94. The molecule has 9 nitrogen and oxygen atoms in total. The number of nitrogens with one attached hydrogen (secondary N) is 1. The van der Waals surface area contributed by atoms with E-state index >= 15 is 0 Å². The van der Waals surface area contributed by atoms with E-state index < -0.39 is 12.2 Å². The third-order valence-electron chi connectivity index (χ3n) is 7.74. The summed E-state index contributed by atoms with van der Waals surface area (Å²) in [6.07, 6.45) is 7.42. The van der Waals surface area contributed by atoms with E-state index in [-0.39, 0.29) is 24.3 Å². The monoisotopic (exact) mass is 568 g/mol. The van der Waals surface area contributed by atoms with Crippen LogP contribution in [0.3, 0.4) is 0 Å². The first-order chi connectivity index (χ1) is 16.9. The Hall–Kier alpha value is -2.04. The van der Waals surface area contributed by atoms with Crippen molar-refractivity contribution >= 4 is 50.6 Å². The van der Waals surface area contributed by atoms with Crippen LogP contribution < -0.4 is 5.32 Å². The van der Waals surface area contributed by atoms with Crippen molar-refractivity contribution in [1.29, 1.82) is 0 Å². The van der Waals surface area contributed by atoms with Crippen molar-refractivity contribution in [3.05, 3.63) is 27.3 Å². The number of likely N-dealkylation sites (tertiary alicyclic amines) is 1. The summed E-state index contributed by atoms with van der Waals surface area (Å²) in [6, 6.07) is 1.84. The number of fused-ring (bicyclic) bond motifs is 1. The standard InChI is InChI=1S/C24H30BrClN4O5/c25-21-15(17(26)12-18-16(21)13-27-30(18)20-4-1-2-10-34-20)6-11-35-22(31)28-19-5-8-24(19)7-3-9-29(14-24)23(32)33/h12-13,19-20H,1-11,14H2,(H,28,31)(H,32,33). The molecule has 2 aliphatic heterocycles. The summed E-state index contributed by atoms with van der Waals surface area (Å²) in [5.41, 5.74) is 1.60. The smallest absolute Gasteiger partial charge is 0.407 e. The first kappa shape index (κ1) is 24.6. The number of halogens is 2.